The molecule has 0 unspecified atom stereocenters. The third-order valence-electron chi connectivity index (χ3n) is 3.88. The predicted octanol–water partition coefficient (Wildman–Crippen LogP) is 4.19. The first-order valence-electron chi connectivity index (χ1n) is 8.69. The number of hydrogen-bond donors (Lipinski definition) is 1. The summed E-state index contributed by atoms with van der Waals surface area (Å²) in [7, 11) is 4.49. The van der Waals surface area contributed by atoms with Crippen LogP contribution in [0.3, 0.4) is 0 Å². The minimum Gasteiger partial charge on any atom is -0.496 e. The summed E-state index contributed by atoms with van der Waals surface area (Å²) >= 11 is 6.20. The summed E-state index contributed by atoms with van der Waals surface area (Å²) in [6, 6.07) is 8.14. The Bertz CT molecular complexity index is 926. The molecule has 0 fully saturated rings. The van der Waals surface area contributed by atoms with E-state index in [9.17, 15) is 9.59 Å². The van der Waals surface area contributed by atoms with Gasteiger partial charge in [0.15, 0.2) is 11.5 Å². The van der Waals surface area contributed by atoms with Crippen LogP contribution in [0.15, 0.2) is 36.4 Å². The molecule has 8 heteroatoms. The Morgan fingerprint density at radius 1 is 1.00 bits per heavy atom. The number of hydrogen-bond acceptors (Lipinski definition) is 6. The van der Waals surface area contributed by atoms with Gasteiger partial charge in [0.1, 0.15) is 11.3 Å². The summed E-state index contributed by atoms with van der Waals surface area (Å²) in [6.07, 6.45) is 2.97. The van der Waals surface area contributed by atoms with Crippen molar-refractivity contribution >= 4 is 35.2 Å². The lowest BCUT2D eigenvalue weighted by atomic mass is 10.1. The molecular formula is C21H22ClNO6. The van der Waals surface area contributed by atoms with Crippen molar-refractivity contribution in [1.29, 1.82) is 0 Å². The highest BCUT2D eigenvalue weighted by Crippen LogP contribution is 2.32. The number of rotatable bonds is 8. The number of halogens is 1. The zero-order valence-corrected chi connectivity index (χ0v) is 17.3. The zero-order valence-electron chi connectivity index (χ0n) is 16.6. The first kappa shape index (κ1) is 22.1. The number of carbonyl (C=O) groups is 2. The maximum Gasteiger partial charge on any atom is 0.341 e. The van der Waals surface area contributed by atoms with Gasteiger partial charge >= 0.3 is 5.97 Å². The molecule has 0 atom stereocenters. The molecule has 0 bridgehead atoms. The molecule has 0 saturated heterocycles. The number of methoxy groups -OCH3 is 3. The van der Waals surface area contributed by atoms with Crippen LogP contribution >= 0.6 is 11.6 Å². The average Bonchev–Trinajstić information content (AvgIpc) is 2.73. The van der Waals surface area contributed by atoms with Crippen molar-refractivity contribution in [2.75, 3.05) is 33.3 Å². The maximum atomic E-state index is 12.3. The van der Waals surface area contributed by atoms with Crippen molar-refractivity contribution in [3.8, 4) is 17.2 Å². The van der Waals surface area contributed by atoms with E-state index >= 15 is 0 Å². The van der Waals surface area contributed by atoms with E-state index in [1.54, 1.807) is 38.3 Å². The number of benzene rings is 2. The van der Waals surface area contributed by atoms with Gasteiger partial charge in [-0.15, -0.1) is 0 Å². The predicted molar refractivity (Wildman–Crippen MR) is 111 cm³/mol. The van der Waals surface area contributed by atoms with Gasteiger partial charge in [0.05, 0.1) is 38.6 Å². The molecule has 0 aliphatic heterocycles. The molecule has 0 heterocycles. The molecular weight excluding hydrogens is 398 g/mol. The molecule has 2 aromatic rings. The van der Waals surface area contributed by atoms with Crippen LogP contribution in [0.1, 0.15) is 22.8 Å². The number of anilines is 1. The Morgan fingerprint density at radius 3 is 2.31 bits per heavy atom. The molecule has 0 radical (unpaired) electrons. The van der Waals surface area contributed by atoms with E-state index in [0.29, 0.717) is 17.2 Å². The molecule has 154 valence electrons. The van der Waals surface area contributed by atoms with Crippen molar-refractivity contribution < 1.29 is 28.5 Å². The minimum absolute atomic E-state index is 0.179. The number of nitrogens with one attached hydrogen (secondary N) is 1. The fourth-order valence-electron chi connectivity index (χ4n) is 2.49. The SMILES string of the molecule is CCOC(=O)c1cc(Cl)c(NC(=O)/C=C/c2ccc(OC)c(OC)c2)cc1OC. The summed E-state index contributed by atoms with van der Waals surface area (Å²) in [5, 5.41) is 2.84. The van der Waals surface area contributed by atoms with E-state index in [2.05, 4.69) is 5.32 Å². The lowest BCUT2D eigenvalue weighted by Gasteiger charge is -2.12. The van der Waals surface area contributed by atoms with E-state index in [0.717, 1.165) is 5.56 Å². The third-order valence-corrected chi connectivity index (χ3v) is 4.19. The molecule has 29 heavy (non-hydrogen) atoms. The van der Waals surface area contributed by atoms with Crippen molar-refractivity contribution in [2.45, 2.75) is 6.92 Å². The molecule has 0 aromatic heterocycles. The highest BCUT2D eigenvalue weighted by atomic mass is 35.5. The lowest BCUT2D eigenvalue weighted by Crippen LogP contribution is -2.11. The number of carbonyl (C=O) groups excluding carboxylic acids is 2. The fourth-order valence-corrected chi connectivity index (χ4v) is 2.70. The van der Waals surface area contributed by atoms with Gasteiger partial charge in [0, 0.05) is 12.1 Å². The van der Waals surface area contributed by atoms with Gasteiger partial charge in [-0.05, 0) is 36.8 Å². The van der Waals surface area contributed by atoms with Gasteiger partial charge in [-0.25, -0.2) is 4.79 Å². The first-order chi connectivity index (χ1) is 13.9. The van der Waals surface area contributed by atoms with Gasteiger partial charge in [-0.2, -0.15) is 0 Å². The van der Waals surface area contributed by atoms with Crippen molar-refractivity contribution in [3.63, 3.8) is 0 Å². The molecule has 1 N–H and O–H groups in total. The fraction of sp³-hybridized carbons (Fsp3) is 0.238. The van der Waals surface area contributed by atoms with Crippen LogP contribution in [0.4, 0.5) is 5.69 Å². The second kappa shape index (κ2) is 10.4. The Hall–Kier alpha value is -3.19. The Balaban J connectivity index is 2.18. The van der Waals surface area contributed by atoms with E-state index in [-0.39, 0.29) is 22.9 Å². The van der Waals surface area contributed by atoms with Crippen LogP contribution in [-0.2, 0) is 9.53 Å². The Labute approximate surface area is 174 Å². The quantitative estimate of drug-likeness (QED) is 0.510. The van der Waals surface area contributed by atoms with Gasteiger partial charge in [-0.3, -0.25) is 4.79 Å². The van der Waals surface area contributed by atoms with E-state index in [4.69, 9.17) is 30.5 Å². The van der Waals surface area contributed by atoms with Crippen LogP contribution < -0.4 is 19.5 Å². The number of esters is 1. The molecule has 0 spiro atoms. The normalized spacial score (nSPS) is 10.5. The second-order valence-electron chi connectivity index (χ2n) is 5.69. The Morgan fingerprint density at radius 2 is 1.69 bits per heavy atom. The van der Waals surface area contributed by atoms with Crippen molar-refractivity contribution in [2.24, 2.45) is 0 Å². The van der Waals surface area contributed by atoms with Gasteiger partial charge in [-0.1, -0.05) is 17.7 Å². The number of ether oxygens (including phenoxy) is 4. The molecule has 0 aliphatic rings. The molecule has 2 rings (SSSR count). The van der Waals surface area contributed by atoms with Crippen molar-refractivity contribution in [3.05, 3.63) is 52.6 Å². The summed E-state index contributed by atoms with van der Waals surface area (Å²) in [5.74, 6) is 0.421. The monoisotopic (exact) mass is 419 g/mol. The zero-order chi connectivity index (χ0) is 21.4. The minimum atomic E-state index is -0.558. The van der Waals surface area contributed by atoms with Crippen LogP contribution in [0.5, 0.6) is 17.2 Å². The lowest BCUT2D eigenvalue weighted by molar-refractivity contribution is -0.111. The van der Waals surface area contributed by atoms with Gasteiger partial charge in [0.25, 0.3) is 0 Å². The molecule has 7 nitrogen and oxygen atoms in total. The maximum absolute atomic E-state index is 12.3. The highest BCUT2D eigenvalue weighted by molar-refractivity contribution is 6.34. The van der Waals surface area contributed by atoms with Gasteiger partial charge in [0.2, 0.25) is 5.91 Å². The first-order valence-corrected chi connectivity index (χ1v) is 9.07. The average molecular weight is 420 g/mol. The van der Waals surface area contributed by atoms with Crippen LogP contribution in [0, 0.1) is 0 Å². The highest BCUT2D eigenvalue weighted by Gasteiger charge is 2.17. The van der Waals surface area contributed by atoms with Crippen LogP contribution in [0.25, 0.3) is 6.08 Å². The summed E-state index contributed by atoms with van der Waals surface area (Å²) in [5.41, 5.74) is 1.23. The smallest absolute Gasteiger partial charge is 0.341 e. The third kappa shape index (κ3) is 5.65. The van der Waals surface area contributed by atoms with Crippen LogP contribution in [-0.4, -0.2) is 39.8 Å². The topological polar surface area (TPSA) is 83.1 Å². The molecule has 2 aromatic carbocycles. The van der Waals surface area contributed by atoms with Gasteiger partial charge < -0.3 is 24.3 Å². The standard InChI is InChI=1S/C21H22ClNO6/c1-5-29-21(25)14-11-15(22)16(12-18(14)27-3)23-20(24)9-7-13-6-8-17(26-2)19(10-13)28-4/h6-12H,5H2,1-4H3,(H,23,24)/b9-7+. The summed E-state index contributed by atoms with van der Waals surface area (Å²) in [6.45, 7) is 1.92. The second-order valence-corrected chi connectivity index (χ2v) is 6.10. The van der Waals surface area contributed by atoms with Crippen LogP contribution in [0.2, 0.25) is 5.02 Å². The Kier molecular flexibility index (Phi) is 7.91. The molecule has 1 amide bonds. The van der Waals surface area contributed by atoms with E-state index in [1.807, 2.05) is 0 Å². The van der Waals surface area contributed by atoms with E-state index in [1.165, 1.54) is 32.4 Å². The molecule has 0 saturated carbocycles. The summed E-state index contributed by atoms with van der Waals surface area (Å²) < 4.78 is 20.6. The number of amides is 1. The summed E-state index contributed by atoms with van der Waals surface area (Å²) in [4.78, 5) is 24.3. The van der Waals surface area contributed by atoms with E-state index < -0.39 is 11.9 Å². The largest absolute Gasteiger partial charge is 0.496 e. The molecule has 0 aliphatic carbocycles. The van der Waals surface area contributed by atoms with Crippen molar-refractivity contribution in [1.82, 2.24) is 0 Å².